The van der Waals surface area contributed by atoms with E-state index in [1.54, 1.807) is 18.2 Å². The molecule has 29 heavy (non-hydrogen) atoms. The maximum Gasteiger partial charge on any atom is 0.328 e. The fourth-order valence-electron chi connectivity index (χ4n) is 2.85. The molecule has 1 unspecified atom stereocenters. The second-order valence-corrected chi connectivity index (χ2v) is 7.90. The Labute approximate surface area is 165 Å². The zero-order chi connectivity index (χ0) is 21.2. The second kappa shape index (κ2) is 8.10. The van der Waals surface area contributed by atoms with Crippen molar-refractivity contribution >= 4 is 33.1 Å². The van der Waals surface area contributed by atoms with E-state index in [9.17, 15) is 22.0 Å². The molecule has 7 nitrogen and oxygen atoms in total. The quantitative estimate of drug-likeness (QED) is 0.568. The van der Waals surface area contributed by atoms with E-state index < -0.39 is 28.6 Å². The summed E-state index contributed by atoms with van der Waals surface area (Å²) in [5.74, 6) is -1.23. The number of carboxylic acids is 1. The summed E-state index contributed by atoms with van der Waals surface area (Å²) in [6.07, 6.45) is 2.25. The first-order chi connectivity index (χ1) is 13.7. The van der Waals surface area contributed by atoms with Crippen molar-refractivity contribution in [2.24, 2.45) is 0 Å². The van der Waals surface area contributed by atoms with Gasteiger partial charge in [-0.05, 0) is 42.8 Å². The molecule has 1 heterocycles. The van der Waals surface area contributed by atoms with Gasteiger partial charge in [-0.2, -0.15) is 8.78 Å². The summed E-state index contributed by atoms with van der Waals surface area (Å²) in [5, 5.41) is 8.63. The lowest BCUT2D eigenvalue weighted by atomic mass is 10.2. The Morgan fingerprint density at radius 1 is 1.17 bits per heavy atom. The van der Waals surface area contributed by atoms with Crippen LogP contribution in [0.4, 0.5) is 8.78 Å². The van der Waals surface area contributed by atoms with E-state index in [2.05, 4.69) is 9.71 Å². The van der Waals surface area contributed by atoms with Crippen LogP contribution < -0.4 is 4.72 Å². The number of aliphatic carboxylic acids is 1. The molecule has 10 heteroatoms. The summed E-state index contributed by atoms with van der Waals surface area (Å²) in [6, 6.07) is 10.8. The van der Waals surface area contributed by atoms with Crippen LogP contribution in [-0.4, -0.2) is 29.0 Å². The molecule has 3 rings (SSSR count). The number of benzene rings is 2. The van der Waals surface area contributed by atoms with Crippen molar-refractivity contribution in [3.8, 4) is 0 Å². The number of sulfonamides is 1. The predicted octanol–water partition coefficient (Wildman–Crippen LogP) is 3.57. The Morgan fingerprint density at radius 3 is 2.45 bits per heavy atom. The van der Waals surface area contributed by atoms with Gasteiger partial charge >= 0.3 is 12.5 Å². The molecule has 0 saturated carbocycles. The summed E-state index contributed by atoms with van der Waals surface area (Å²) in [6.45, 7) is -1.45. The molecule has 0 aliphatic rings. The summed E-state index contributed by atoms with van der Waals surface area (Å²) in [5.41, 5.74) is 1.04. The number of hydrogen-bond acceptors (Lipinski definition) is 4. The highest BCUT2D eigenvalue weighted by atomic mass is 32.2. The minimum atomic E-state index is -4.02. The van der Waals surface area contributed by atoms with Crippen LogP contribution in [-0.2, 0) is 14.8 Å². The van der Waals surface area contributed by atoms with Gasteiger partial charge in [0.2, 0.25) is 10.0 Å². The number of alkyl halides is 2. The topological polar surface area (TPSA) is 101 Å². The standard InChI is InChI=1S/C19H17F2N3O4S/c1-12(18-22-15-4-2-3-5-16(15)24(18)19(20)21)23-29(27,28)14-9-6-13(7-10-14)8-11-17(25)26/h2-12,19,23H,1H3,(H,25,26)/b11-8+. The van der Waals surface area contributed by atoms with Gasteiger partial charge in [0, 0.05) is 6.08 Å². The first kappa shape index (κ1) is 20.6. The number of rotatable bonds is 7. The lowest BCUT2D eigenvalue weighted by molar-refractivity contribution is -0.131. The fraction of sp³-hybridized carbons (Fsp3) is 0.158. The minimum Gasteiger partial charge on any atom is -0.478 e. The summed E-state index contributed by atoms with van der Waals surface area (Å²) >= 11 is 0. The lowest BCUT2D eigenvalue weighted by Crippen LogP contribution is -2.29. The lowest BCUT2D eigenvalue weighted by Gasteiger charge is -2.16. The highest BCUT2D eigenvalue weighted by Gasteiger charge is 2.25. The van der Waals surface area contributed by atoms with Crippen LogP contribution in [0.1, 0.15) is 30.9 Å². The maximum absolute atomic E-state index is 13.6. The van der Waals surface area contributed by atoms with Gasteiger partial charge in [-0.1, -0.05) is 24.3 Å². The average molecular weight is 421 g/mol. The Morgan fingerprint density at radius 2 is 1.83 bits per heavy atom. The largest absolute Gasteiger partial charge is 0.478 e. The Kier molecular flexibility index (Phi) is 5.76. The molecule has 1 aromatic heterocycles. The zero-order valence-corrected chi connectivity index (χ0v) is 16.0. The van der Waals surface area contributed by atoms with Crippen molar-refractivity contribution in [1.82, 2.24) is 14.3 Å². The van der Waals surface area contributed by atoms with E-state index >= 15 is 0 Å². The molecule has 0 aliphatic carbocycles. The van der Waals surface area contributed by atoms with Crippen molar-refractivity contribution in [3.63, 3.8) is 0 Å². The van der Waals surface area contributed by atoms with Gasteiger partial charge in [-0.3, -0.25) is 4.57 Å². The van der Waals surface area contributed by atoms with Gasteiger partial charge in [0.15, 0.2) is 0 Å². The third-order valence-electron chi connectivity index (χ3n) is 4.15. The number of carbonyl (C=O) groups is 1. The van der Waals surface area contributed by atoms with Crippen LogP contribution in [0.25, 0.3) is 17.1 Å². The molecular weight excluding hydrogens is 404 g/mol. The number of nitrogens with zero attached hydrogens (tertiary/aromatic N) is 2. The number of halogens is 2. The van der Waals surface area contributed by atoms with Crippen LogP contribution in [0.15, 0.2) is 59.5 Å². The number of nitrogens with one attached hydrogen (secondary N) is 1. The Balaban J connectivity index is 1.88. The minimum absolute atomic E-state index is 0.0865. The van der Waals surface area contributed by atoms with Crippen molar-refractivity contribution in [1.29, 1.82) is 0 Å². The molecule has 2 aromatic carbocycles. The van der Waals surface area contributed by atoms with Gasteiger partial charge in [0.25, 0.3) is 0 Å². The van der Waals surface area contributed by atoms with Gasteiger partial charge < -0.3 is 5.11 Å². The molecule has 0 amide bonds. The van der Waals surface area contributed by atoms with Gasteiger partial charge in [0.1, 0.15) is 5.82 Å². The number of hydrogen-bond donors (Lipinski definition) is 2. The monoisotopic (exact) mass is 421 g/mol. The molecule has 1 atom stereocenters. The smallest absolute Gasteiger partial charge is 0.328 e. The molecule has 152 valence electrons. The van der Waals surface area contributed by atoms with Gasteiger partial charge in [0.05, 0.1) is 22.0 Å². The fourth-order valence-corrected chi connectivity index (χ4v) is 4.05. The van der Waals surface area contributed by atoms with E-state index in [0.717, 1.165) is 6.08 Å². The highest BCUT2D eigenvalue weighted by molar-refractivity contribution is 7.89. The molecule has 0 aliphatic heterocycles. The molecule has 0 saturated heterocycles. The van der Waals surface area contributed by atoms with E-state index in [-0.39, 0.29) is 16.2 Å². The molecule has 0 radical (unpaired) electrons. The van der Waals surface area contributed by atoms with Crippen LogP contribution in [0.5, 0.6) is 0 Å². The SMILES string of the molecule is CC(NS(=O)(=O)c1ccc(/C=C/C(=O)O)cc1)c1nc2ccccc2n1C(F)F. The van der Waals surface area contributed by atoms with E-state index in [1.807, 2.05) is 0 Å². The number of aromatic nitrogens is 2. The average Bonchev–Trinajstić information content (AvgIpc) is 3.06. The van der Waals surface area contributed by atoms with Crippen LogP contribution >= 0.6 is 0 Å². The highest BCUT2D eigenvalue weighted by Crippen LogP contribution is 2.27. The van der Waals surface area contributed by atoms with Gasteiger partial charge in [-0.15, -0.1) is 0 Å². The van der Waals surface area contributed by atoms with Crippen molar-refractivity contribution in [2.75, 3.05) is 0 Å². The third kappa shape index (κ3) is 4.49. The number of para-hydroxylation sites is 2. The van der Waals surface area contributed by atoms with E-state index in [4.69, 9.17) is 5.11 Å². The Hall–Kier alpha value is -3.11. The molecule has 0 fully saturated rings. The van der Waals surface area contributed by atoms with E-state index in [1.165, 1.54) is 43.3 Å². The summed E-state index contributed by atoms with van der Waals surface area (Å²) in [4.78, 5) is 14.6. The van der Waals surface area contributed by atoms with Crippen LogP contribution in [0.3, 0.4) is 0 Å². The normalized spacial score (nSPS) is 13.4. The molecule has 0 spiro atoms. The van der Waals surface area contributed by atoms with Crippen molar-refractivity contribution in [3.05, 3.63) is 66.0 Å². The molecule has 2 N–H and O–H groups in total. The van der Waals surface area contributed by atoms with Crippen LogP contribution in [0.2, 0.25) is 0 Å². The first-order valence-corrected chi connectivity index (χ1v) is 9.96. The predicted molar refractivity (Wildman–Crippen MR) is 103 cm³/mol. The molecular formula is C19H17F2N3O4S. The first-order valence-electron chi connectivity index (χ1n) is 8.47. The second-order valence-electron chi connectivity index (χ2n) is 6.19. The number of carboxylic acid groups (broad SMARTS) is 1. The maximum atomic E-state index is 13.6. The molecule has 0 bridgehead atoms. The number of fused-ring (bicyclic) bond motifs is 1. The van der Waals surface area contributed by atoms with Gasteiger partial charge in [-0.25, -0.2) is 22.9 Å². The Bertz CT molecular complexity index is 1170. The summed E-state index contributed by atoms with van der Waals surface area (Å²) in [7, 11) is -4.02. The van der Waals surface area contributed by atoms with E-state index in [0.29, 0.717) is 15.6 Å². The third-order valence-corrected chi connectivity index (χ3v) is 5.70. The zero-order valence-electron chi connectivity index (χ0n) is 15.2. The van der Waals surface area contributed by atoms with Crippen molar-refractivity contribution in [2.45, 2.75) is 24.4 Å². The van der Waals surface area contributed by atoms with Crippen LogP contribution in [0, 0.1) is 0 Å². The number of imidazole rings is 1. The van der Waals surface area contributed by atoms with Crippen molar-refractivity contribution < 1.29 is 27.1 Å². The summed E-state index contributed by atoms with van der Waals surface area (Å²) < 4.78 is 55.5. The molecule has 3 aromatic rings.